The molecule has 2 rings (SSSR count). The van der Waals surface area contributed by atoms with Gasteiger partial charge in [-0.1, -0.05) is 27.7 Å². The maximum absolute atomic E-state index is 11.4. The van der Waals surface area contributed by atoms with Gasteiger partial charge in [0.25, 0.3) is 11.8 Å². The van der Waals surface area contributed by atoms with E-state index in [1.54, 1.807) is 4.90 Å². The molecular formula is C6H5BrN2O2S. The average molecular weight is 249 g/mol. The fourth-order valence-corrected chi connectivity index (χ4v) is 2.39. The first kappa shape index (κ1) is 8.25. The molecule has 12 heavy (non-hydrogen) atoms. The molecule has 0 bridgehead atoms. The van der Waals surface area contributed by atoms with Crippen LogP contribution in [-0.4, -0.2) is 39.0 Å². The molecule has 0 spiro atoms. The van der Waals surface area contributed by atoms with Gasteiger partial charge in [-0.25, -0.2) is 0 Å². The third-order valence-electron chi connectivity index (χ3n) is 1.68. The van der Waals surface area contributed by atoms with Crippen molar-refractivity contribution in [3.8, 4) is 0 Å². The minimum Gasteiger partial charge on any atom is -0.289 e. The Kier molecular flexibility index (Phi) is 1.96. The van der Waals surface area contributed by atoms with Crippen molar-refractivity contribution in [3.05, 3.63) is 0 Å². The van der Waals surface area contributed by atoms with Gasteiger partial charge in [0.1, 0.15) is 0 Å². The van der Waals surface area contributed by atoms with Crippen LogP contribution in [0.25, 0.3) is 0 Å². The second kappa shape index (κ2) is 2.85. The van der Waals surface area contributed by atoms with Gasteiger partial charge >= 0.3 is 0 Å². The van der Waals surface area contributed by atoms with Crippen molar-refractivity contribution in [2.45, 2.75) is 4.83 Å². The van der Waals surface area contributed by atoms with Crippen molar-refractivity contribution in [3.63, 3.8) is 0 Å². The van der Waals surface area contributed by atoms with Gasteiger partial charge in [-0.2, -0.15) is 4.99 Å². The van der Waals surface area contributed by atoms with Gasteiger partial charge in [0.05, 0.1) is 0 Å². The number of hydrogen-bond donors (Lipinski definition) is 0. The summed E-state index contributed by atoms with van der Waals surface area (Å²) < 4.78 is 0. The van der Waals surface area contributed by atoms with Crippen molar-refractivity contribution < 1.29 is 9.59 Å². The predicted molar refractivity (Wildman–Crippen MR) is 49.3 cm³/mol. The van der Waals surface area contributed by atoms with Crippen molar-refractivity contribution in [1.82, 2.24) is 4.90 Å². The molecule has 2 amide bonds. The third kappa shape index (κ3) is 1.09. The van der Waals surface area contributed by atoms with E-state index in [1.165, 1.54) is 11.8 Å². The SMILES string of the molecule is O=C1N=C2SCCN2C(=O)C1Br. The third-order valence-corrected chi connectivity index (χ3v) is 3.42. The summed E-state index contributed by atoms with van der Waals surface area (Å²) in [6.45, 7) is 0.664. The maximum atomic E-state index is 11.4. The number of hydrogen-bond acceptors (Lipinski definition) is 3. The maximum Gasteiger partial charge on any atom is 0.271 e. The number of alkyl halides is 1. The Morgan fingerprint density at radius 2 is 2.33 bits per heavy atom. The topological polar surface area (TPSA) is 49.7 Å². The van der Waals surface area contributed by atoms with Gasteiger partial charge in [-0.05, 0) is 0 Å². The Bertz CT molecular complexity index is 291. The van der Waals surface area contributed by atoms with Crippen LogP contribution in [0.1, 0.15) is 0 Å². The zero-order chi connectivity index (χ0) is 8.72. The van der Waals surface area contributed by atoms with Crippen molar-refractivity contribution >= 4 is 44.7 Å². The van der Waals surface area contributed by atoms with E-state index in [0.717, 1.165) is 5.75 Å². The van der Waals surface area contributed by atoms with E-state index in [-0.39, 0.29) is 11.8 Å². The molecule has 64 valence electrons. The van der Waals surface area contributed by atoms with Gasteiger partial charge in [0.15, 0.2) is 9.99 Å². The number of aliphatic imine (C=N–C) groups is 1. The van der Waals surface area contributed by atoms with Crippen LogP contribution in [-0.2, 0) is 9.59 Å². The normalized spacial score (nSPS) is 28.9. The quantitative estimate of drug-likeness (QED) is 0.456. The lowest BCUT2D eigenvalue weighted by Crippen LogP contribution is -2.44. The van der Waals surface area contributed by atoms with Crippen LogP contribution in [0, 0.1) is 0 Å². The van der Waals surface area contributed by atoms with Crippen LogP contribution in [0.4, 0.5) is 0 Å². The second-order valence-corrected chi connectivity index (χ2v) is 4.41. The van der Waals surface area contributed by atoms with E-state index in [2.05, 4.69) is 20.9 Å². The largest absolute Gasteiger partial charge is 0.289 e. The number of amidine groups is 1. The number of nitrogens with zero attached hydrogens (tertiary/aromatic N) is 2. The molecule has 0 saturated carbocycles. The zero-order valence-electron chi connectivity index (χ0n) is 5.99. The molecule has 2 aliphatic heterocycles. The first-order valence-corrected chi connectivity index (χ1v) is 5.31. The van der Waals surface area contributed by atoms with Crippen molar-refractivity contribution in [1.29, 1.82) is 0 Å². The number of carbonyl (C=O) groups is 2. The molecule has 2 heterocycles. The lowest BCUT2D eigenvalue weighted by atomic mass is 10.3. The summed E-state index contributed by atoms with van der Waals surface area (Å²) in [6.07, 6.45) is 0. The minimum absolute atomic E-state index is 0.185. The Morgan fingerprint density at radius 1 is 1.58 bits per heavy atom. The molecule has 0 aromatic heterocycles. The molecule has 1 atom stereocenters. The zero-order valence-corrected chi connectivity index (χ0v) is 8.39. The van der Waals surface area contributed by atoms with E-state index in [0.29, 0.717) is 11.7 Å². The van der Waals surface area contributed by atoms with Crippen molar-refractivity contribution in [2.75, 3.05) is 12.3 Å². The second-order valence-electron chi connectivity index (χ2n) is 2.43. The molecule has 0 aliphatic carbocycles. The van der Waals surface area contributed by atoms with Crippen LogP contribution in [0.15, 0.2) is 4.99 Å². The van der Waals surface area contributed by atoms with E-state index in [9.17, 15) is 9.59 Å². The highest BCUT2D eigenvalue weighted by atomic mass is 79.9. The lowest BCUT2D eigenvalue weighted by Gasteiger charge is -2.21. The molecule has 6 heteroatoms. The molecule has 0 aromatic carbocycles. The van der Waals surface area contributed by atoms with Gasteiger partial charge < -0.3 is 0 Å². The Hall–Kier alpha value is -0.360. The number of rotatable bonds is 0. The average Bonchev–Trinajstić information content (AvgIpc) is 2.48. The lowest BCUT2D eigenvalue weighted by molar-refractivity contribution is -0.131. The molecule has 0 N–H and O–H groups in total. The van der Waals surface area contributed by atoms with Gasteiger partial charge in [-0.15, -0.1) is 0 Å². The molecule has 1 fully saturated rings. The van der Waals surface area contributed by atoms with E-state index < -0.39 is 4.83 Å². The van der Waals surface area contributed by atoms with Crippen molar-refractivity contribution in [2.24, 2.45) is 4.99 Å². The summed E-state index contributed by atoms with van der Waals surface area (Å²) in [7, 11) is 0. The fourth-order valence-electron chi connectivity index (χ4n) is 1.09. The predicted octanol–water partition coefficient (Wildman–Crippen LogP) is 0.221. The summed E-state index contributed by atoms with van der Waals surface area (Å²) >= 11 is 4.45. The van der Waals surface area contributed by atoms with Gasteiger partial charge in [0.2, 0.25) is 0 Å². The van der Waals surface area contributed by atoms with E-state index in [4.69, 9.17) is 0 Å². The van der Waals surface area contributed by atoms with Crippen LogP contribution in [0.3, 0.4) is 0 Å². The minimum atomic E-state index is -0.764. The molecule has 1 saturated heterocycles. The smallest absolute Gasteiger partial charge is 0.271 e. The van der Waals surface area contributed by atoms with Crippen LogP contribution < -0.4 is 0 Å². The monoisotopic (exact) mass is 248 g/mol. The highest BCUT2D eigenvalue weighted by Gasteiger charge is 2.38. The van der Waals surface area contributed by atoms with Crippen LogP contribution in [0.5, 0.6) is 0 Å². The number of amides is 2. The molecule has 0 aromatic rings. The Labute approximate surface area is 81.5 Å². The standard InChI is InChI=1S/C6H5BrN2O2S/c7-3-4(10)8-6-9(5(3)11)1-2-12-6/h3H,1-2H2. The molecule has 1 unspecified atom stereocenters. The molecular weight excluding hydrogens is 244 g/mol. The van der Waals surface area contributed by atoms with Gasteiger partial charge in [0, 0.05) is 12.3 Å². The number of thioether (sulfide) groups is 1. The highest BCUT2D eigenvalue weighted by molar-refractivity contribution is 9.10. The Balaban J connectivity index is 2.38. The van der Waals surface area contributed by atoms with Crippen LogP contribution >= 0.6 is 27.7 Å². The molecule has 2 aliphatic rings. The molecule has 4 nitrogen and oxygen atoms in total. The molecule has 0 radical (unpaired) electrons. The summed E-state index contributed by atoms with van der Waals surface area (Å²) in [5.74, 6) is 0.257. The number of carbonyl (C=O) groups excluding carboxylic acids is 2. The fraction of sp³-hybridized carbons (Fsp3) is 0.500. The number of fused-ring (bicyclic) bond motifs is 1. The van der Waals surface area contributed by atoms with E-state index in [1.807, 2.05) is 0 Å². The summed E-state index contributed by atoms with van der Waals surface area (Å²) in [5, 5.41) is 0.556. The number of halogens is 1. The first-order chi connectivity index (χ1) is 5.70. The van der Waals surface area contributed by atoms with E-state index >= 15 is 0 Å². The van der Waals surface area contributed by atoms with Crippen LogP contribution in [0.2, 0.25) is 0 Å². The Morgan fingerprint density at radius 3 is 3.08 bits per heavy atom. The van der Waals surface area contributed by atoms with Gasteiger partial charge in [-0.3, -0.25) is 14.5 Å². The summed E-state index contributed by atoms with van der Waals surface area (Å²) in [5.41, 5.74) is 0. The first-order valence-electron chi connectivity index (χ1n) is 3.41. The summed E-state index contributed by atoms with van der Waals surface area (Å²) in [4.78, 5) is 27.0. The summed E-state index contributed by atoms with van der Waals surface area (Å²) in [6, 6.07) is 0. The highest BCUT2D eigenvalue weighted by Crippen LogP contribution is 2.25.